The normalized spacial score (nSPS) is 19.5. The first-order valence-electron chi connectivity index (χ1n) is 11.3. The molecule has 3 aromatic carbocycles. The highest BCUT2D eigenvalue weighted by Gasteiger charge is 2.49. The maximum Gasteiger partial charge on any atom is 0.335 e. The van der Waals surface area contributed by atoms with Gasteiger partial charge >= 0.3 is 5.97 Å². The van der Waals surface area contributed by atoms with Gasteiger partial charge < -0.3 is 24.1 Å². The van der Waals surface area contributed by atoms with Gasteiger partial charge in [0, 0.05) is 7.11 Å². The molecule has 0 radical (unpaired) electrons. The monoisotopic (exact) mass is 472 g/mol. The fourth-order valence-corrected chi connectivity index (χ4v) is 3.83. The first kappa shape index (κ1) is 24.4. The van der Waals surface area contributed by atoms with Gasteiger partial charge in [0.15, 0.2) is 5.76 Å². The van der Waals surface area contributed by atoms with E-state index in [0.717, 1.165) is 16.7 Å². The Morgan fingerprint density at radius 1 is 0.800 bits per heavy atom. The van der Waals surface area contributed by atoms with Crippen molar-refractivity contribution in [1.29, 1.82) is 0 Å². The molecule has 0 aliphatic heterocycles. The molecule has 2 atom stereocenters. The Morgan fingerprint density at radius 3 is 1.83 bits per heavy atom. The largest absolute Gasteiger partial charge is 0.487 e. The fraction of sp³-hybridized carbons (Fsp3) is 0.207. The lowest BCUT2D eigenvalue weighted by atomic mass is 9.96. The lowest BCUT2D eigenvalue weighted by Crippen LogP contribution is -2.51. The summed E-state index contributed by atoms with van der Waals surface area (Å²) in [7, 11) is 1.50. The summed E-state index contributed by atoms with van der Waals surface area (Å²) in [5.74, 6) is -2.34. The molecule has 1 aliphatic carbocycles. The number of carboxylic acid groups (broad SMARTS) is 1. The third-order valence-corrected chi connectivity index (χ3v) is 5.69. The Hall–Kier alpha value is -3.71. The van der Waals surface area contributed by atoms with Crippen molar-refractivity contribution < 1.29 is 28.8 Å². The van der Waals surface area contributed by atoms with Gasteiger partial charge in [-0.3, -0.25) is 0 Å². The fourth-order valence-electron chi connectivity index (χ4n) is 3.83. The molecule has 2 unspecified atom stereocenters. The van der Waals surface area contributed by atoms with E-state index in [4.69, 9.17) is 18.9 Å². The van der Waals surface area contributed by atoms with E-state index in [1.807, 2.05) is 91.0 Å². The lowest BCUT2D eigenvalue weighted by Gasteiger charge is -2.40. The number of ether oxygens (including phenoxy) is 4. The predicted molar refractivity (Wildman–Crippen MR) is 131 cm³/mol. The minimum atomic E-state index is -1.49. The van der Waals surface area contributed by atoms with Crippen molar-refractivity contribution in [2.24, 2.45) is 0 Å². The van der Waals surface area contributed by atoms with E-state index in [2.05, 4.69) is 0 Å². The second-order valence-corrected chi connectivity index (χ2v) is 8.07. The van der Waals surface area contributed by atoms with E-state index >= 15 is 0 Å². The molecule has 3 aromatic rings. The number of carbonyl (C=O) groups is 1. The highest BCUT2D eigenvalue weighted by molar-refractivity contribution is 5.90. The van der Waals surface area contributed by atoms with Gasteiger partial charge in [-0.25, -0.2) is 4.79 Å². The molecule has 1 N–H and O–H groups in total. The number of methoxy groups -OCH3 is 1. The smallest absolute Gasteiger partial charge is 0.335 e. The van der Waals surface area contributed by atoms with Crippen LogP contribution in [0, 0.1) is 0 Å². The average molecular weight is 473 g/mol. The molecule has 35 heavy (non-hydrogen) atoms. The molecule has 0 fully saturated rings. The summed E-state index contributed by atoms with van der Waals surface area (Å²) in [5.41, 5.74) is 2.84. The number of benzene rings is 3. The maximum absolute atomic E-state index is 12.0. The average Bonchev–Trinajstić information content (AvgIpc) is 2.91. The van der Waals surface area contributed by atoms with Crippen LogP contribution in [-0.4, -0.2) is 30.1 Å². The summed E-state index contributed by atoms with van der Waals surface area (Å²) in [6.07, 6.45) is 2.08. The van der Waals surface area contributed by atoms with Gasteiger partial charge in [0.25, 0.3) is 5.79 Å². The van der Waals surface area contributed by atoms with Gasteiger partial charge in [-0.15, -0.1) is 0 Å². The molecule has 0 heterocycles. The minimum absolute atomic E-state index is 0.0436. The molecule has 0 bridgehead atoms. The van der Waals surface area contributed by atoms with Crippen molar-refractivity contribution in [2.75, 3.05) is 7.11 Å². The molecule has 6 nitrogen and oxygen atoms in total. The zero-order valence-corrected chi connectivity index (χ0v) is 19.5. The zero-order valence-electron chi connectivity index (χ0n) is 19.5. The summed E-state index contributed by atoms with van der Waals surface area (Å²) in [6.45, 7) is 0.660. The van der Waals surface area contributed by atoms with Gasteiger partial charge in [-0.1, -0.05) is 91.0 Å². The standard InChI is InChI=1S/C29H28O6/c1-32-29(35-21-24-15-9-4-10-16-24)26(33-19-22-11-5-2-6-12-22)17-25(28(30)31)18-27(29)34-20-23-13-7-3-8-14-23/h2-18,26H,19-21H2,1H3,(H,30,31). The van der Waals surface area contributed by atoms with Gasteiger partial charge in [-0.2, -0.15) is 0 Å². The molecule has 6 heteroatoms. The zero-order chi connectivity index (χ0) is 24.5. The SMILES string of the molecule is COC1(OCc2ccccc2)C(OCc2ccccc2)=CC(C(=O)O)=CC1OCc1ccccc1. The van der Waals surface area contributed by atoms with Crippen molar-refractivity contribution in [3.8, 4) is 0 Å². The Bertz CT molecular complexity index is 1160. The Balaban J connectivity index is 1.66. The van der Waals surface area contributed by atoms with E-state index in [9.17, 15) is 9.90 Å². The van der Waals surface area contributed by atoms with Gasteiger partial charge in [0.2, 0.25) is 0 Å². The Kier molecular flexibility index (Phi) is 8.11. The van der Waals surface area contributed by atoms with Crippen molar-refractivity contribution in [1.82, 2.24) is 0 Å². The maximum atomic E-state index is 12.0. The number of rotatable bonds is 11. The summed E-state index contributed by atoms with van der Waals surface area (Å²) >= 11 is 0. The van der Waals surface area contributed by atoms with E-state index in [1.54, 1.807) is 0 Å². The van der Waals surface area contributed by atoms with E-state index in [0.29, 0.717) is 0 Å². The van der Waals surface area contributed by atoms with Crippen LogP contribution in [0.4, 0.5) is 0 Å². The van der Waals surface area contributed by atoms with Crippen LogP contribution in [0.2, 0.25) is 0 Å². The Morgan fingerprint density at radius 2 is 1.31 bits per heavy atom. The summed E-state index contributed by atoms with van der Waals surface area (Å²) in [5, 5.41) is 9.79. The molecule has 0 amide bonds. The third kappa shape index (κ3) is 6.05. The van der Waals surface area contributed by atoms with Crippen LogP contribution < -0.4 is 0 Å². The summed E-state index contributed by atoms with van der Waals surface area (Å²) < 4.78 is 24.7. The number of carboxylic acids is 1. The van der Waals surface area contributed by atoms with Crippen LogP contribution in [0.3, 0.4) is 0 Å². The van der Waals surface area contributed by atoms with Crippen LogP contribution in [0.15, 0.2) is 114 Å². The van der Waals surface area contributed by atoms with E-state index in [1.165, 1.54) is 19.3 Å². The first-order valence-corrected chi connectivity index (χ1v) is 11.3. The summed E-state index contributed by atoms with van der Waals surface area (Å²) in [6, 6.07) is 28.9. The molecule has 0 spiro atoms. The van der Waals surface area contributed by atoms with Crippen molar-refractivity contribution in [3.05, 3.63) is 131 Å². The van der Waals surface area contributed by atoms with Crippen LogP contribution >= 0.6 is 0 Å². The molecule has 0 saturated carbocycles. The lowest BCUT2D eigenvalue weighted by molar-refractivity contribution is -0.273. The van der Waals surface area contributed by atoms with Gasteiger partial charge in [0.1, 0.15) is 12.7 Å². The van der Waals surface area contributed by atoms with Gasteiger partial charge in [0.05, 0.1) is 18.8 Å². The number of hydrogen-bond acceptors (Lipinski definition) is 5. The van der Waals surface area contributed by atoms with Crippen molar-refractivity contribution >= 4 is 5.97 Å². The minimum Gasteiger partial charge on any atom is -0.487 e. The Labute approximate surface area is 205 Å². The molecular weight excluding hydrogens is 444 g/mol. The molecule has 4 rings (SSSR count). The first-order chi connectivity index (χ1) is 17.1. The third-order valence-electron chi connectivity index (χ3n) is 5.69. The highest BCUT2D eigenvalue weighted by atomic mass is 16.7. The van der Waals surface area contributed by atoms with Crippen LogP contribution in [0.1, 0.15) is 16.7 Å². The van der Waals surface area contributed by atoms with Crippen molar-refractivity contribution in [3.63, 3.8) is 0 Å². The van der Waals surface area contributed by atoms with Crippen LogP contribution in [0.25, 0.3) is 0 Å². The molecule has 1 aliphatic rings. The summed E-state index contributed by atoms with van der Waals surface area (Å²) in [4.78, 5) is 12.0. The number of aliphatic carboxylic acids is 1. The molecule has 0 saturated heterocycles. The highest BCUT2D eigenvalue weighted by Crippen LogP contribution is 2.37. The van der Waals surface area contributed by atoms with E-state index < -0.39 is 17.9 Å². The van der Waals surface area contributed by atoms with Crippen LogP contribution in [-0.2, 0) is 43.6 Å². The van der Waals surface area contributed by atoms with Gasteiger partial charge in [-0.05, 0) is 28.8 Å². The molecule has 0 aromatic heterocycles. The van der Waals surface area contributed by atoms with Crippen LogP contribution in [0.5, 0.6) is 0 Å². The number of hydrogen-bond donors (Lipinski definition) is 1. The van der Waals surface area contributed by atoms with E-state index in [-0.39, 0.29) is 31.2 Å². The second kappa shape index (κ2) is 11.6. The molecular formula is C29H28O6. The quantitative estimate of drug-likeness (QED) is 0.384. The predicted octanol–water partition coefficient (Wildman–Crippen LogP) is 5.26. The van der Waals surface area contributed by atoms with Crippen molar-refractivity contribution in [2.45, 2.75) is 31.7 Å². The second-order valence-electron chi connectivity index (χ2n) is 8.07. The topological polar surface area (TPSA) is 74.2 Å². The molecule has 180 valence electrons.